The Labute approximate surface area is 93.8 Å². The Morgan fingerprint density at radius 3 is 2.75 bits per heavy atom. The molecule has 1 aromatic heterocycles. The molecule has 0 saturated carbocycles. The second kappa shape index (κ2) is 5.89. The molecule has 0 fully saturated rings. The van der Waals surface area contributed by atoms with E-state index in [1.165, 1.54) is 6.92 Å². The molecule has 3 N–H and O–H groups in total. The van der Waals surface area contributed by atoms with Crippen molar-refractivity contribution in [2.75, 3.05) is 6.54 Å². The zero-order chi connectivity index (χ0) is 12.0. The maximum Gasteiger partial charge on any atom is 0.222 e. The Hall–Kier alpha value is -1.85. The lowest BCUT2D eigenvalue weighted by atomic mass is 10.2. The summed E-state index contributed by atoms with van der Waals surface area (Å²) < 4.78 is 0. The summed E-state index contributed by atoms with van der Waals surface area (Å²) in [7, 11) is 0. The predicted molar refractivity (Wildman–Crippen MR) is 58.5 cm³/mol. The van der Waals surface area contributed by atoms with E-state index in [2.05, 4.69) is 20.8 Å². The third-order valence-corrected chi connectivity index (χ3v) is 2.14. The van der Waals surface area contributed by atoms with E-state index in [4.69, 9.17) is 0 Å². The van der Waals surface area contributed by atoms with Crippen LogP contribution in [-0.2, 0) is 16.1 Å². The van der Waals surface area contributed by atoms with Crippen LogP contribution in [0.5, 0.6) is 0 Å². The smallest absolute Gasteiger partial charge is 0.222 e. The van der Waals surface area contributed by atoms with Gasteiger partial charge in [-0.1, -0.05) is 0 Å². The fourth-order valence-corrected chi connectivity index (χ4v) is 1.19. The number of aromatic amines is 1. The molecule has 0 spiro atoms. The van der Waals surface area contributed by atoms with Crippen LogP contribution in [-0.4, -0.2) is 28.6 Å². The number of hydrogen-bond acceptors (Lipinski definition) is 3. The fourth-order valence-electron chi connectivity index (χ4n) is 1.19. The van der Waals surface area contributed by atoms with E-state index >= 15 is 0 Å². The lowest BCUT2D eigenvalue weighted by Gasteiger charge is -2.04. The number of nitrogens with one attached hydrogen (secondary N) is 3. The molecule has 0 atom stereocenters. The zero-order valence-electron chi connectivity index (χ0n) is 9.46. The number of nitrogens with zero attached hydrogens (tertiary/aromatic N) is 1. The first-order chi connectivity index (χ1) is 7.59. The van der Waals surface area contributed by atoms with Crippen molar-refractivity contribution in [1.82, 2.24) is 20.8 Å². The standard InChI is InChI=1S/C10H16N4O2/c1-7-9(6-13-14-7)5-12-10(16)3-4-11-8(2)15/h6H,3-5H2,1-2H3,(H,11,15)(H,12,16)(H,13,14). The van der Waals surface area contributed by atoms with E-state index in [-0.39, 0.29) is 18.2 Å². The second-order valence-corrected chi connectivity index (χ2v) is 3.53. The molecule has 0 bridgehead atoms. The number of carbonyl (C=O) groups excluding carboxylic acids is 2. The van der Waals surface area contributed by atoms with Gasteiger partial charge in [0.1, 0.15) is 0 Å². The third-order valence-electron chi connectivity index (χ3n) is 2.14. The highest BCUT2D eigenvalue weighted by atomic mass is 16.2. The molecule has 6 heteroatoms. The van der Waals surface area contributed by atoms with Crippen molar-refractivity contribution >= 4 is 11.8 Å². The zero-order valence-corrected chi connectivity index (χ0v) is 9.46. The highest BCUT2D eigenvalue weighted by Gasteiger charge is 2.04. The van der Waals surface area contributed by atoms with Gasteiger partial charge < -0.3 is 10.6 Å². The van der Waals surface area contributed by atoms with Gasteiger partial charge in [-0.2, -0.15) is 5.10 Å². The maximum absolute atomic E-state index is 11.3. The number of H-pyrrole nitrogens is 1. The summed E-state index contributed by atoms with van der Waals surface area (Å²) >= 11 is 0. The first-order valence-corrected chi connectivity index (χ1v) is 5.09. The normalized spacial score (nSPS) is 9.88. The van der Waals surface area contributed by atoms with Gasteiger partial charge in [-0.15, -0.1) is 0 Å². The van der Waals surface area contributed by atoms with Crippen LogP contribution in [0.1, 0.15) is 24.6 Å². The van der Waals surface area contributed by atoms with Crippen LogP contribution in [0.3, 0.4) is 0 Å². The van der Waals surface area contributed by atoms with Crippen LogP contribution < -0.4 is 10.6 Å². The number of aromatic nitrogens is 2. The number of hydrogen-bond donors (Lipinski definition) is 3. The van der Waals surface area contributed by atoms with Crippen LogP contribution in [0.4, 0.5) is 0 Å². The molecule has 2 amide bonds. The Bertz CT molecular complexity index is 373. The summed E-state index contributed by atoms with van der Waals surface area (Å²) in [5.74, 6) is -0.215. The minimum absolute atomic E-state index is 0.0886. The third kappa shape index (κ3) is 4.12. The highest BCUT2D eigenvalue weighted by Crippen LogP contribution is 2.01. The van der Waals surface area contributed by atoms with E-state index in [9.17, 15) is 9.59 Å². The van der Waals surface area contributed by atoms with Gasteiger partial charge in [0.25, 0.3) is 0 Å². The second-order valence-electron chi connectivity index (χ2n) is 3.53. The molecule has 0 aliphatic carbocycles. The van der Waals surface area contributed by atoms with Crippen molar-refractivity contribution in [3.05, 3.63) is 17.5 Å². The van der Waals surface area contributed by atoms with Crippen LogP contribution >= 0.6 is 0 Å². The molecule has 1 aromatic rings. The van der Waals surface area contributed by atoms with Gasteiger partial charge in [0.05, 0.1) is 6.20 Å². The summed E-state index contributed by atoms with van der Waals surface area (Å²) in [5.41, 5.74) is 1.91. The average molecular weight is 224 g/mol. The van der Waals surface area contributed by atoms with E-state index in [1.807, 2.05) is 6.92 Å². The molecule has 0 aliphatic heterocycles. The maximum atomic E-state index is 11.3. The number of amides is 2. The Kier molecular flexibility index (Phi) is 4.50. The highest BCUT2D eigenvalue weighted by molar-refractivity contribution is 5.77. The number of rotatable bonds is 5. The summed E-state index contributed by atoms with van der Waals surface area (Å²) in [4.78, 5) is 21.9. The van der Waals surface area contributed by atoms with Crippen molar-refractivity contribution < 1.29 is 9.59 Å². The fraction of sp³-hybridized carbons (Fsp3) is 0.500. The van der Waals surface area contributed by atoms with Crippen molar-refractivity contribution in [2.45, 2.75) is 26.8 Å². The van der Waals surface area contributed by atoms with Gasteiger partial charge >= 0.3 is 0 Å². The molecule has 16 heavy (non-hydrogen) atoms. The minimum Gasteiger partial charge on any atom is -0.356 e. The molecule has 0 unspecified atom stereocenters. The van der Waals surface area contributed by atoms with Gasteiger partial charge in [0.2, 0.25) is 11.8 Å². The number of carbonyl (C=O) groups is 2. The van der Waals surface area contributed by atoms with E-state index in [1.54, 1.807) is 6.20 Å². The van der Waals surface area contributed by atoms with Crippen molar-refractivity contribution in [3.63, 3.8) is 0 Å². The van der Waals surface area contributed by atoms with Gasteiger partial charge in [0.15, 0.2) is 0 Å². The molecule has 0 aromatic carbocycles. The van der Waals surface area contributed by atoms with Crippen LogP contribution in [0.25, 0.3) is 0 Å². The molecule has 6 nitrogen and oxygen atoms in total. The monoisotopic (exact) mass is 224 g/mol. The van der Waals surface area contributed by atoms with E-state index < -0.39 is 0 Å². The van der Waals surface area contributed by atoms with Crippen LogP contribution in [0.15, 0.2) is 6.20 Å². The van der Waals surface area contributed by atoms with Crippen molar-refractivity contribution in [1.29, 1.82) is 0 Å². The quantitative estimate of drug-likeness (QED) is 0.650. The first kappa shape index (κ1) is 12.2. The van der Waals surface area contributed by atoms with Gasteiger partial charge in [0, 0.05) is 37.7 Å². The molecule has 0 aliphatic rings. The van der Waals surface area contributed by atoms with Crippen LogP contribution in [0.2, 0.25) is 0 Å². The van der Waals surface area contributed by atoms with Crippen LogP contribution in [0, 0.1) is 6.92 Å². The van der Waals surface area contributed by atoms with E-state index in [0.29, 0.717) is 13.1 Å². The van der Waals surface area contributed by atoms with Crippen molar-refractivity contribution in [3.8, 4) is 0 Å². The molecule has 1 heterocycles. The topological polar surface area (TPSA) is 86.9 Å². The largest absolute Gasteiger partial charge is 0.356 e. The van der Waals surface area contributed by atoms with Crippen molar-refractivity contribution in [2.24, 2.45) is 0 Å². The minimum atomic E-state index is -0.126. The van der Waals surface area contributed by atoms with Gasteiger partial charge in [-0.05, 0) is 6.92 Å². The summed E-state index contributed by atoms with van der Waals surface area (Å²) in [5, 5.41) is 12.0. The lowest BCUT2D eigenvalue weighted by molar-refractivity contribution is -0.121. The molecule has 0 radical (unpaired) electrons. The van der Waals surface area contributed by atoms with Gasteiger partial charge in [-0.25, -0.2) is 0 Å². The predicted octanol–water partition coefficient (Wildman–Crippen LogP) is -0.139. The molecular formula is C10H16N4O2. The Balaban J connectivity index is 2.20. The lowest BCUT2D eigenvalue weighted by Crippen LogP contribution is -2.29. The molecule has 0 saturated heterocycles. The summed E-state index contributed by atoms with van der Waals surface area (Å²) in [6.07, 6.45) is 1.97. The SMILES string of the molecule is CC(=O)NCCC(=O)NCc1cn[nH]c1C. The summed E-state index contributed by atoms with van der Waals surface area (Å²) in [6.45, 7) is 4.14. The molecular weight excluding hydrogens is 208 g/mol. The van der Waals surface area contributed by atoms with Gasteiger partial charge in [-0.3, -0.25) is 14.7 Å². The molecule has 88 valence electrons. The average Bonchev–Trinajstić information content (AvgIpc) is 2.60. The number of aryl methyl sites for hydroxylation is 1. The molecule has 1 rings (SSSR count). The Morgan fingerprint density at radius 1 is 1.44 bits per heavy atom. The summed E-state index contributed by atoms with van der Waals surface area (Å²) in [6, 6.07) is 0. The Morgan fingerprint density at radius 2 is 2.19 bits per heavy atom. The first-order valence-electron chi connectivity index (χ1n) is 5.09. The van der Waals surface area contributed by atoms with E-state index in [0.717, 1.165) is 11.3 Å².